The van der Waals surface area contributed by atoms with Crippen LogP contribution < -0.4 is 11.5 Å². The summed E-state index contributed by atoms with van der Waals surface area (Å²) in [5.74, 6) is 0. The minimum atomic E-state index is -0.111. The van der Waals surface area contributed by atoms with Crippen LogP contribution in [-0.2, 0) is 0 Å². The van der Waals surface area contributed by atoms with Gasteiger partial charge in [0.05, 0.1) is 6.17 Å². The highest BCUT2D eigenvalue weighted by Crippen LogP contribution is 2.09. The number of nitrogens with two attached hydrogens (primary N) is 2. The number of hydrogen-bond donors (Lipinski definition) is 2. The summed E-state index contributed by atoms with van der Waals surface area (Å²) in [4.78, 5) is 0. The third-order valence-electron chi connectivity index (χ3n) is 3.80. The first kappa shape index (κ1) is 19.7. The molecule has 4 N–H and O–H groups in total. The van der Waals surface area contributed by atoms with Crippen molar-refractivity contribution < 1.29 is 0 Å². The highest BCUT2D eigenvalue weighted by Gasteiger charge is 1.94. The van der Waals surface area contributed by atoms with Crippen molar-refractivity contribution in [3.8, 4) is 0 Å². The van der Waals surface area contributed by atoms with Gasteiger partial charge in [-0.1, -0.05) is 76.9 Å². The Kier molecular flexibility index (Phi) is 16.4. The summed E-state index contributed by atoms with van der Waals surface area (Å²) in [7, 11) is 0. The predicted molar refractivity (Wildman–Crippen MR) is 91.6 cm³/mol. The lowest BCUT2D eigenvalue weighted by atomic mass is 10.1. The fourth-order valence-electron chi connectivity index (χ4n) is 2.45. The van der Waals surface area contributed by atoms with Crippen molar-refractivity contribution in [3.05, 3.63) is 12.2 Å². The van der Waals surface area contributed by atoms with Gasteiger partial charge in [0, 0.05) is 0 Å². The van der Waals surface area contributed by atoms with Crippen LogP contribution in [-0.4, -0.2) is 6.17 Å². The highest BCUT2D eigenvalue weighted by molar-refractivity contribution is 4.81. The number of allylic oxidation sites excluding steroid dienone is 2. The van der Waals surface area contributed by atoms with Gasteiger partial charge in [0.25, 0.3) is 0 Å². The SMILES string of the molecule is CCCCCCCC/C=C\CCCCCCCC(N)N. The van der Waals surface area contributed by atoms with Crippen molar-refractivity contribution in [3.63, 3.8) is 0 Å². The summed E-state index contributed by atoms with van der Waals surface area (Å²) < 4.78 is 0. The summed E-state index contributed by atoms with van der Waals surface area (Å²) in [6.45, 7) is 2.27. The van der Waals surface area contributed by atoms with Crippen LogP contribution in [0.2, 0.25) is 0 Å². The second kappa shape index (κ2) is 16.7. The molecule has 0 bridgehead atoms. The van der Waals surface area contributed by atoms with Crippen molar-refractivity contribution >= 4 is 0 Å². The molecule has 0 aromatic carbocycles. The van der Waals surface area contributed by atoms with E-state index in [0.29, 0.717) is 0 Å². The largest absolute Gasteiger partial charge is 0.316 e. The molecule has 120 valence electrons. The van der Waals surface area contributed by atoms with E-state index in [2.05, 4.69) is 19.1 Å². The Morgan fingerprint density at radius 1 is 0.650 bits per heavy atom. The van der Waals surface area contributed by atoms with Crippen LogP contribution in [0.25, 0.3) is 0 Å². The van der Waals surface area contributed by atoms with E-state index in [-0.39, 0.29) is 6.17 Å². The van der Waals surface area contributed by atoms with Gasteiger partial charge in [-0.25, -0.2) is 0 Å². The Labute approximate surface area is 127 Å². The summed E-state index contributed by atoms with van der Waals surface area (Å²) in [6, 6.07) is 0. The molecular formula is C18H38N2. The first-order valence-electron chi connectivity index (χ1n) is 8.93. The molecule has 0 aliphatic carbocycles. The number of hydrogen-bond acceptors (Lipinski definition) is 2. The molecule has 0 radical (unpaired) electrons. The molecule has 0 spiro atoms. The normalized spacial score (nSPS) is 11.8. The maximum absolute atomic E-state index is 5.52. The first-order valence-corrected chi connectivity index (χ1v) is 8.93. The van der Waals surface area contributed by atoms with E-state index in [0.717, 1.165) is 6.42 Å². The number of rotatable bonds is 15. The molecule has 20 heavy (non-hydrogen) atoms. The second-order valence-corrected chi connectivity index (χ2v) is 6.04. The first-order chi connectivity index (χ1) is 9.77. The van der Waals surface area contributed by atoms with Gasteiger partial charge in [-0.05, 0) is 32.1 Å². The number of unbranched alkanes of at least 4 members (excludes halogenated alkanes) is 11. The van der Waals surface area contributed by atoms with E-state index < -0.39 is 0 Å². The van der Waals surface area contributed by atoms with Crippen molar-refractivity contribution in [2.75, 3.05) is 0 Å². The fourth-order valence-corrected chi connectivity index (χ4v) is 2.45. The van der Waals surface area contributed by atoms with Crippen molar-refractivity contribution in [1.29, 1.82) is 0 Å². The third-order valence-corrected chi connectivity index (χ3v) is 3.80. The molecule has 0 amide bonds. The maximum atomic E-state index is 5.52. The predicted octanol–water partition coefficient (Wildman–Crippen LogP) is 5.27. The highest BCUT2D eigenvalue weighted by atomic mass is 14.8. The quantitative estimate of drug-likeness (QED) is 0.244. The van der Waals surface area contributed by atoms with Crippen LogP contribution in [0.3, 0.4) is 0 Å². The average Bonchev–Trinajstić information content (AvgIpc) is 2.43. The molecule has 2 heteroatoms. The lowest BCUT2D eigenvalue weighted by Crippen LogP contribution is -2.29. The Bertz CT molecular complexity index is 200. The Morgan fingerprint density at radius 2 is 1.10 bits per heavy atom. The van der Waals surface area contributed by atoms with Gasteiger partial charge >= 0.3 is 0 Å². The summed E-state index contributed by atoms with van der Waals surface area (Å²) in [5.41, 5.74) is 11.0. The van der Waals surface area contributed by atoms with Gasteiger partial charge < -0.3 is 11.5 Å². The van der Waals surface area contributed by atoms with Crippen LogP contribution >= 0.6 is 0 Å². The van der Waals surface area contributed by atoms with E-state index in [1.54, 1.807) is 0 Å². The molecule has 0 aromatic rings. The van der Waals surface area contributed by atoms with Crippen molar-refractivity contribution in [1.82, 2.24) is 0 Å². The van der Waals surface area contributed by atoms with Gasteiger partial charge in [-0.15, -0.1) is 0 Å². The Hall–Kier alpha value is -0.340. The molecular weight excluding hydrogens is 244 g/mol. The van der Waals surface area contributed by atoms with Gasteiger partial charge in [0.2, 0.25) is 0 Å². The van der Waals surface area contributed by atoms with Crippen LogP contribution in [0, 0.1) is 0 Å². The minimum Gasteiger partial charge on any atom is -0.316 e. The molecule has 0 heterocycles. The van der Waals surface area contributed by atoms with Crippen molar-refractivity contribution in [2.45, 2.75) is 103 Å². The van der Waals surface area contributed by atoms with Gasteiger partial charge in [0.1, 0.15) is 0 Å². The summed E-state index contributed by atoms with van der Waals surface area (Å²) >= 11 is 0. The lowest BCUT2D eigenvalue weighted by Gasteiger charge is -2.04. The molecule has 0 aromatic heterocycles. The second-order valence-electron chi connectivity index (χ2n) is 6.04. The zero-order valence-electron chi connectivity index (χ0n) is 13.8. The van der Waals surface area contributed by atoms with Crippen LogP contribution in [0.1, 0.15) is 96.8 Å². The smallest absolute Gasteiger partial charge is 0.0520 e. The third kappa shape index (κ3) is 17.7. The minimum absolute atomic E-state index is 0.111. The Morgan fingerprint density at radius 3 is 1.60 bits per heavy atom. The molecule has 2 nitrogen and oxygen atoms in total. The molecule has 0 aliphatic heterocycles. The molecule has 0 aliphatic rings. The van der Waals surface area contributed by atoms with E-state index in [9.17, 15) is 0 Å². The fraction of sp³-hybridized carbons (Fsp3) is 0.889. The monoisotopic (exact) mass is 282 g/mol. The van der Waals surface area contributed by atoms with Crippen LogP contribution in [0.4, 0.5) is 0 Å². The molecule has 0 saturated carbocycles. The maximum Gasteiger partial charge on any atom is 0.0520 e. The average molecular weight is 283 g/mol. The summed E-state index contributed by atoms with van der Waals surface area (Å²) in [6.07, 6.45) is 23.0. The van der Waals surface area contributed by atoms with E-state index in [4.69, 9.17) is 11.5 Å². The molecule has 0 rings (SSSR count). The topological polar surface area (TPSA) is 52.0 Å². The zero-order chi connectivity index (χ0) is 14.9. The molecule has 0 saturated heterocycles. The van der Waals surface area contributed by atoms with Crippen LogP contribution in [0.15, 0.2) is 12.2 Å². The van der Waals surface area contributed by atoms with E-state index >= 15 is 0 Å². The molecule has 0 fully saturated rings. The van der Waals surface area contributed by atoms with E-state index in [1.807, 2.05) is 0 Å². The summed E-state index contributed by atoms with van der Waals surface area (Å²) in [5, 5.41) is 0. The van der Waals surface area contributed by atoms with Gasteiger partial charge in [-0.3, -0.25) is 0 Å². The lowest BCUT2D eigenvalue weighted by molar-refractivity contribution is 0.547. The zero-order valence-corrected chi connectivity index (χ0v) is 13.8. The molecule has 0 atom stereocenters. The van der Waals surface area contributed by atoms with Crippen LogP contribution in [0.5, 0.6) is 0 Å². The standard InChI is InChI=1S/C18H38N2/c1-2-3-4-5-6-7-8-9-10-11-12-13-14-15-16-17-18(19)20/h9-10,18H,2-8,11-17,19-20H2,1H3/b10-9-. The van der Waals surface area contributed by atoms with Gasteiger partial charge in [0.15, 0.2) is 0 Å². The Balaban J connectivity index is 3.05. The van der Waals surface area contributed by atoms with E-state index in [1.165, 1.54) is 83.5 Å². The van der Waals surface area contributed by atoms with Gasteiger partial charge in [-0.2, -0.15) is 0 Å². The molecule has 0 unspecified atom stereocenters. The van der Waals surface area contributed by atoms with Crippen molar-refractivity contribution in [2.24, 2.45) is 11.5 Å².